The molecule has 0 aromatic rings. The summed E-state index contributed by atoms with van der Waals surface area (Å²) in [7, 11) is -0.850. The van der Waals surface area contributed by atoms with Crippen molar-refractivity contribution in [1.29, 1.82) is 0 Å². The molecule has 0 rings (SSSR count). The van der Waals surface area contributed by atoms with Crippen molar-refractivity contribution in [3.05, 3.63) is 0 Å². The Hall–Kier alpha value is 2.53. The molecule has 0 amide bonds. The van der Waals surface area contributed by atoms with Crippen molar-refractivity contribution in [2.24, 2.45) is 0 Å². The van der Waals surface area contributed by atoms with Crippen LogP contribution in [-0.2, 0) is 34.7 Å². The molecule has 230 valence electrons. The molecule has 0 spiro atoms. The molecular formula is C19H34O8S12. The molecule has 0 aliphatic carbocycles. The second-order valence-electron chi connectivity index (χ2n) is 6.19. The van der Waals surface area contributed by atoms with Gasteiger partial charge >= 0.3 is 11.9 Å². The van der Waals surface area contributed by atoms with Gasteiger partial charge < -0.3 is 19.7 Å². The Morgan fingerprint density at radius 1 is 0.590 bits per heavy atom. The Labute approximate surface area is 280 Å². The second kappa shape index (κ2) is 33.4. The number of aliphatic hydroxyl groups excluding tert-OH is 2. The summed E-state index contributed by atoms with van der Waals surface area (Å²) in [6, 6.07) is 0. The van der Waals surface area contributed by atoms with Crippen LogP contribution in [0.4, 0.5) is 0 Å². The van der Waals surface area contributed by atoms with Gasteiger partial charge in [0, 0.05) is 52.8 Å². The lowest BCUT2D eigenvalue weighted by Gasteiger charge is -2.05. The first kappa shape index (κ1) is 41.5. The van der Waals surface area contributed by atoms with Crippen molar-refractivity contribution in [3.63, 3.8) is 0 Å². The predicted molar refractivity (Wildman–Crippen MR) is 191 cm³/mol. The summed E-state index contributed by atoms with van der Waals surface area (Å²) in [5.41, 5.74) is 0. The minimum Gasteiger partial charge on any atom is -0.454 e. The predicted octanol–water partition coefficient (Wildman–Crippen LogP) is 4.93. The van der Waals surface area contributed by atoms with Crippen molar-refractivity contribution < 1.29 is 38.3 Å². The number of thioether (sulfide) groups is 11. The van der Waals surface area contributed by atoms with Gasteiger partial charge in [0.2, 0.25) is 0 Å². The van der Waals surface area contributed by atoms with Gasteiger partial charge in [0.15, 0.2) is 5.12 Å². The van der Waals surface area contributed by atoms with Gasteiger partial charge in [0.1, 0.15) is 11.9 Å². The van der Waals surface area contributed by atoms with Crippen molar-refractivity contribution in [2.75, 3.05) is 88.1 Å². The first-order valence-corrected chi connectivity index (χ1v) is 24.8. The first-order chi connectivity index (χ1) is 19.0. The number of hydrogen-bond acceptors (Lipinski definition) is 19. The lowest BCUT2D eigenvalue weighted by atomic mass is 10.8. The summed E-state index contributed by atoms with van der Waals surface area (Å²) in [5.74, 6) is 2.25. The number of aliphatic hydroxyl groups is 2. The Morgan fingerprint density at radius 2 is 1.08 bits per heavy atom. The zero-order chi connectivity index (χ0) is 28.8. The van der Waals surface area contributed by atoms with Crippen LogP contribution in [0, 0.1) is 0 Å². The van der Waals surface area contributed by atoms with Crippen LogP contribution in [0.5, 0.6) is 0 Å². The van der Waals surface area contributed by atoms with E-state index < -0.39 is 10.8 Å². The fourth-order valence-corrected chi connectivity index (χ4v) is 14.2. The summed E-state index contributed by atoms with van der Waals surface area (Å²) < 4.78 is 21.9. The van der Waals surface area contributed by atoms with E-state index in [0.717, 1.165) is 54.7 Å². The number of carbonyl (C=O) groups is 3. The van der Waals surface area contributed by atoms with Gasteiger partial charge in [0.25, 0.3) is 0 Å². The van der Waals surface area contributed by atoms with Gasteiger partial charge in [-0.25, -0.2) is 0 Å². The van der Waals surface area contributed by atoms with E-state index in [2.05, 4.69) is 0 Å². The third-order valence-corrected chi connectivity index (χ3v) is 17.1. The summed E-state index contributed by atoms with van der Waals surface area (Å²) >= 11 is 16.6. The molecule has 0 saturated heterocycles. The maximum atomic E-state index is 12.1. The molecule has 0 saturated carbocycles. The normalized spacial score (nSPS) is 11.8. The average Bonchev–Trinajstić information content (AvgIpc) is 2.91. The lowest BCUT2D eigenvalue weighted by Crippen LogP contribution is -2.07. The molecule has 8 nitrogen and oxygen atoms in total. The Kier molecular flexibility index (Phi) is 35.6. The van der Waals surface area contributed by atoms with Crippen LogP contribution < -0.4 is 0 Å². The third kappa shape index (κ3) is 33.3. The molecule has 20 heteroatoms. The Bertz CT molecular complexity index is 650. The molecule has 0 aromatic carbocycles. The summed E-state index contributed by atoms with van der Waals surface area (Å²) in [4.78, 5) is 34.7. The van der Waals surface area contributed by atoms with Crippen molar-refractivity contribution in [1.82, 2.24) is 0 Å². The number of carbonyl (C=O) groups excluding carboxylic acids is 3. The minimum absolute atomic E-state index is 0.0588. The van der Waals surface area contributed by atoms with Gasteiger partial charge in [-0.15, -0.1) is 82.3 Å². The number of esters is 2. The van der Waals surface area contributed by atoms with E-state index in [1.165, 1.54) is 35.3 Å². The smallest absolute Gasteiger partial charge is 0.316 e. The highest BCUT2D eigenvalue weighted by Crippen LogP contribution is 2.23. The second-order valence-corrected chi connectivity index (χ2v) is 21.2. The third-order valence-electron chi connectivity index (χ3n) is 3.26. The molecule has 0 aromatic heterocycles. The fourth-order valence-electron chi connectivity index (χ4n) is 1.69. The van der Waals surface area contributed by atoms with Gasteiger partial charge in [0.05, 0.1) is 34.2 Å². The fraction of sp³-hybridized carbons (Fsp3) is 0.842. The maximum absolute atomic E-state index is 12.1. The average molecular weight is 775 g/mol. The first-order valence-electron chi connectivity index (χ1n) is 10.8. The monoisotopic (exact) mass is 774 g/mol. The minimum atomic E-state index is -0.850. The van der Waals surface area contributed by atoms with Crippen LogP contribution in [0.25, 0.3) is 0 Å². The van der Waals surface area contributed by atoms with Crippen molar-refractivity contribution in [3.8, 4) is 0 Å². The highest BCUT2D eigenvalue weighted by Gasteiger charge is 2.06. The zero-order valence-corrected chi connectivity index (χ0v) is 30.9. The standard InChI is InChI=1S/C19H34O8S12/c20-6-32-8-26-17(22)3-29-11-34-10-28-1-2-39(25)16-37-14-36-15-38-19(24)5-31-13-35-12-30-4-18(23)27-9-33-7-21/h20-21H,1-16H2. The van der Waals surface area contributed by atoms with E-state index in [0.29, 0.717) is 27.4 Å². The van der Waals surface area contributed by atoms with Crippen LogP contribution in [0.1, 0.15) is 0 Å². The summed E-state index contributed by atoms with van der Waals surface area (Å²) in [6.07, 6.45) is 0. The van der Waals surface area contributed by atoms with E-state index in [-0.39, 0.29) is 46.6 Å². The molecule has 0 fully saturated rings. The molecule has 1 unspecified atom stereocenters. The quantitative estimate of drug-likeness (QED) is 0.0605. The molecule has 2 N–H and O–H groups in total. The van der Waals surface area contributed by atoms with Gasteiger partial charge in [-0.3, -0.25) is 18.6 Å². The van der Waals surface area contributed by atoms with Crippen LogP contribution in [-0.4, -0.2) is 120 Å². The van der Waals surface area contributed by atoms with E-state index >= 15 is 0 Å². The van der Waals surface area contributed by atoms with Crippen molar-refractivity contribution in [2.45, 2.75) is 0 Å². The lowest BCUT2D eigenvalue weighted by molar-refractivity contribution is -0.139. The Morgan fingerprint density at radius 3 is 1.64 bits per heavy atom. The number of rotatable bonds is 29. The van der Waals surface area contributed by atoms with Crippen molar-refractivity contribution >= 4 is 157 Å². The van der Waals surface area contributed by atoms with Crippen LogP contribution in [0.2, 0.25) is 0 Å². The van der Waals surface area contributed by atoms with Crippen LogP contribution in [0.3, 0.4) is 0 Å². The Balaban J connectivity index is 3.37. The van der Waals surface area contributed by atoms with E-state index in [1.807, 2.05) is 0 Å². The number of ether oxygens (including phenoxy) is 2. The van der Waals surface area contributed by atoms with E-state index in [4.69, 9.17) is 19.7 Å². The van der Waals surface area contributed by atoms with Gasteiger partial charge in [-0.05, 0) is 0 Å². The SMILES string of the molecule is O=C(CSCSCSCCS(=O)CSCSCSC(=O)CSCSCSCC(=O)OCSCO)OCSCO. The molecule has 0 radical (unpaired) electrons. The van der Waals surface area contributed by atoms with E-state index in [9.17, 15) is 18.6 Å². The summed E-state index contributed by atoms with van der Waals surface area (Å²) in [6.45, 7) is 0. The topological polar surface area (TPSA) is 127 Å². The molecule has 0 aliphatic heterocycles. The largest absolute Gasteiger partial charge is 0.454 e. The zero-order valence-electron chi connectivity index (χ0n) is 21.1. The molecule has 0 heterocycles. The summed E-state index contributed by atoms with van der Waals surface area (Å²) in [5, 5.41) is 22.7. The van der Waals surface area contributed by atoms with Crippen LogP contribution in [0.15, 0.2) is 0 Å². The molecule has 0 bridgehead atoms. The molecule has 39 heavy (non-hydrogen) atoms. The van der Waals surface area contributed by atoms with E-state index in [1.54, 1.807) is 70.6 Å². The molecule has 1 atom stereocenters. The van der Waals surface area contributed by atoms with Gasteiger partial charge in [-0.2, -0.15) is 11.8 Å². The number of hydrogen-bond donors (Lipinski definition) is 2. The molecular weight excluding hydrogens is 741 g/mol. The highest BCUT2D eigenvalue weighted by molar-refractivity contribution is 8.29. The highest BCUT2D eigenvalue weighted by atomic mass is 32.3. The van der Waals surface area contributed by atoms with Gasteiger partial charge in [-0.1, -0.05) is 35.3 Å². The van der Waals surface area contributed by atoms with Crippen LogP contribution >= 0.6 is 129 Å². The maximum Gasteiger partial charge on any atom is 0.316 e. The molecule has 0 aliphatic rings.